The van der Waals surface area contributed by atoms with Gasteiger partial charge in [0.15, 0.2) is 0 Å². The number of nitrogens with one attached hydrogen (secondary N) is 1. The van der Waals surface area contributed by atoms with E-state index in [1.54, 1.807) is 25.3 Å². The Balaban J connectivity index is 1.73. The highest BCUT2D eigenvalue weighted by molar-refractivity contribution is 7.89. The SMILES string of the molecule is Cc1ccc(S(=O)(=O)NCc2nccc(N3CCCC3)n2)c(C)c1. The second kappa shape index (κ2) is 6.86. The monoisotopic (exact) mass is 346 g/mol. The lowest BCUT2D eigenvalue weighted by Crippen LogP contribution is -2.26. The average Bonchev–Trinajstić information content (AvgIpc) is 3.07. The maximum absolute atomic E-state index is 12.5. The van der Waals surface area contributed by atoms with Gasteiger partial charge in [0.2, 0.25) is 10.0 Å². The van der Waals surface area contributed by atoms with E-state index in [0.717, 1.165) is 30.0 Å². The number of hydrogen-bond acceptors (Lipinski definition) is 5. The summed E-state index contributed by atoms with van der Waals surface area (Å²) < 4.78 is 27.6. The molecule has 1 aliphatic rings. The van der Waals surface area contributed by atoms with Gasteiger partial charge in [-0.1, -0.05) is 17.7 Å². The molecule has 0 aliphatic carbocycles. The lowest BCUT2D eigenvalue weighted by atomic mass is 10.2. The molecule has 0 amide bonds. The summed E-state index contributed by atoms with van der Waals surface area (Å²) in [5.41, 5.74) is 1.77. The minimum absolute atomic E-state index is 0.0807. The number of benzene rings is 1. The average molecular weight is 346 g/mol. The van der Waals surface area contributed by atoms with Gasteiger partial charge in [-0.25, -0.2) is 23.1 Å². The maximum Gasteiger partial charge on any atom is 0.241 e. The van der Waals surface area contributed by atoms with E-state index in [1.807, 2.05) is 19.1 Å². The Hall–Kier alpha value is -1.99. The Morgan fingerprint density at radius 2 is 1.92 bits per heavy atom. The summed E-state index contributed by atoms with van der Waals surface area (Å²) in [6.45, 7) is 5.80. The smallest absolute Gasteiger partial charge is 0.241 e. The Labute approximate surface area is 143 Å². The molecule has 6 nitrogen and oxygen atoms in total. The van der Waals surface area contributed by atoms with Crippen LogP contribution in [-0.2, 0) is 16.6 Å². The fourth-order valence-electron chi connectivity index (χ4n) is 2.93. The molecular formula is C17H22N4O2S. The zero-order valence-electron chi connectivity index (χ0n) is 14.0. The second-order valence-corrected chi connectivity index (χ2v) is 7.85. The third kappa shape index (κ3) is 3.73. The quantitative estimate of drug-likeness (QED) is 0.898. The molecule has 7 heteroatoms. The summed E-state index contributed by atoms with van der Waals surface area (Å²) in [6, 6.07) is 7.16. The van der Waals surface area contributed by atoms with Crippen LogP contribution in [0.2, 0.25) is 0 Å². The highest BCUT2D eigenvalue weighted by Gasteiger charge is 2.18. The molecule has 0 unspecified atom stereocenters. The lowest BCUT2D eigenvalue weighted by Gasteiger charge is -2.16. The molecule has 2 aromatic rings. The first-order valence-electron chi connectivity index (χ1n) is 8.09. The number of sulfonamides is 1. The third-order valence-corrected chi connectivity index (χ3v) is 5.72. The van der Waals surface area contributed by atoms with Crippen molar-refractivity contribution in [2.75, 3.05) is 18.0 Å². The molecule has 0 atom stereocenters. The van der Waals surface area contributed by atoms with Gasteiger partial charge in [0.25, 0.3) is 0 Å². The fourth-order valence-corrected chi connectivity index (χ4v) is 4.14. The molecule has 1 aromatic heterocycles. The van der Waals surface area contributed by atoms with E-state index in [0.29, 0.717) is 10.7 Å². The van der Waals surface area contributed by atoms with Gasteiger partial charge in [-0.15, -0.1) is 0 Å². The number of hydrogen-bond donors (Lipinski definition) is 1. The van der Waals surface area contributed by atoms with Crippen LogP contribution in [0, 0.1) is 13.8 Å². The van der Waals surface area contributed by atoms with Crippen molar-refractivity contribution >= 4 is 15.8 Å². The summed E-state index contributed by atoms with van der Waals surface area (Å²) in [6.07, 6.45) is 4.01. The van der Waals surface area contributed by atoms with Gasteiger partial charge in [-0.3, -0.25) is 0 Å². The number of aromatic nitrogens is 2. The van der Waals surface area contributed by atoms with Crippen LogP contribution < -0.4 is 9.62 Å². The number of aryl methyl sites for hydroxylation is 2. The van der Waals surface area contributed by atoms with E-state index in [-0.39, 0.29) is 6.54 Å². The van der Waals surface area contributed by atoms with E-state index < -0.39 is 10.0 Å². The van der Waals surface area contributed by atoms with Crippen LogP contribution in [0.4, 0.5) is 5.82 Å². The summed E-state index contributed by atoms with van der Waals surface area (Å²) in [4.78, 5) is 11.1. The van der Waals surface area contributed by atoms with Gasteiger partial charge in [0.1, 0.15) is 11.6 Å². The minimum Gasteiger partial charge on any atom is -0.357 e. The highest BCUT2D eigenvalue weighted by Crippen LogP contribution is 2.18. The van der Waals surface area contributed by atoms with Gasteiger partial charge in [0.05, 0.1) is 11.4 Å². The first-order valence-corrected chi connectivity index (χ1v) is 9.58. The van der Waals surface area contributed by atoms with Crippen LogP contribution in [-0.4, -0.2) is 31.5 Å². The topological polar surface area (TPSA) is 75.2 Å². The summed E-state index contributed by atoms with van der Waals surface area (Å²) in [7, 11) is -3.58. The van der Waals surface area contributed by atoms with Gasteiger partial charge < -0.3 is 4.90 Å². The van der Waals surface area contributed by atoms with E-state index in [4.69, 9.17) is 0 Å². The minimum atomic E-state index is -3.58. The molecule has 1 N–H and O–H groups in total. The van der Waals surface area contributed by atoms with E-state index in [2.05, 4.69) is 19.6 Å². The molecule has 128 valence electrons. The standard InChI is InChI=1S/C17H22N4O2S/c1-13-5-6-15(14(2)11-13)24(22,23)19-12-16-18-8-7-17(20-16)21-9-3-4-10-21/h5-8,11,19H,3-4,9-10,12H2,1-2H3. The first-order chi connectivity index (χ1) is 11.5. The molecule has 0 saturated carbocycles. The van der Waals surface area contributed by atoms with Crippen molar-refractivity contribution in [3.05, 3.63) is 47.4 Å². The van der Waals surface area contributed by atoms with Gasteiger partial charge in [0, 0.05) is 19.3 Å². The van der Waals surface area contributed by atoms with Crippen molar-refractivity contribution in [2.24, 2.45) is 0 Å². The van der Waals surface area contributed by atoms with Crippen LogP contribution in [0.25, 0.3) is 0 Å². The van der Waals surface area contributed by atoms with E-state index >= 15 is 0 Å². The van der Waals surface area contributed by atoms with Crippen LogP contribution in [0.5, 0.6) is 0 Å². The summed E-state index contributed by atoms with van der Waals surface area (Å²) in [5.74, 6) is 1.34. The predicted octanol–water partition coefficient (Wildman–Crippen LogP) is 2.17. The molecule has 24 heavy (non-hydrogen) atoms. The summed E-state index contributed by atoms with van der Waals surface area (Å²) in [5, 5.41) is 0. The third-order valence-electron chi connectivity index (χ3n) is 4.16. The molecule has 0 bridgehead atoms. The van der Waals surface area contributed by atoms with Crippen molar-refractivity contribution < 1.29 is 8.42 Å². The fraction of sp³-hybridized carbons (Fsp3) is 0.412. The Kier molecular flexibility index (Phi) is 4.82. The molecule has 0 spiro atoms. The lowest BCUT2D eigenvalue weighted by molar-refractivity contribution is 0.578. The van der Waals surface area contributed by atoms with Crippen LogP contribution >= 0.6 is 0 Å². The number of anilines is 1. The molecule has 1 fully saturated rings. The van der Waals surface area contributed by atoms with Crippen LogP contribution in [0.15, 0.2) is 35.4 Å². The van der Waals surface area contributed by atoms with Gasteiger partial charge in [-0.2, -0.15) is 0 Å². The van der Waals surface area contributed by atoms with Gasteiger partial charge >= 0.3 is 0 Å². The molecule has 0 radical (unpaired) electrons. The van der Waals surface area contributed by atoms with Crippen LogP contribution in [0.3, 0.4) is 0 Å². The maximum atomic E-state index is 12.5. The molecule has 2 heterocycles. The van der Waals surface area contributed by atoms with Crippen molar-refractivity contribution in [1.29, 1.82) is 0 Å². The molecular weight excluding hydrogens is 324 g/mol. The van der Waals surface area contributed by atoms with E-state index in [1.165, 1.54) is 12.8 Å². The second-order valence-electron chi connectivity index (χ2n) is 6.12. The van der Waals surface area contributed by atoms with Crippen LogP contribution in [0.1, 0.15) is 29.8 Å². The Bertz CT molecular complexity index is 830. The number of rotatable bonds is 5. The van der Waals surface area contributed by atoms with Crippen molar-refractivity contribution in [3.8, 4) is 0 Å². The zero-order chi connectivity index (χ0) is 17.2. The summed E-state index contributed by atoms with van der Waals surface area (Å²) >= 11 is 0. The number of nitrogens with zero attached hydrogens (tertiary/aromatic N) is 3. The van der Waals surface area contributed by atoms with E-state index in [9.17, 15) is 8.42 Å². The predicted molar refractivity (Wildman–Crippen MR) is 93.4 cm³/mol. The van der Waals surface area contributed by atoms with Crippen molar-refractivity contribution in [2.45, 2.75) is 38.1 Å². The van der Waals surface area contributed by atoms with Crippen molar-refractivity contribution in [1.82, 2.24) is 14.7 Å². The Morgan fingerprint density at radius 3 is 2.62 bits per heavy atom. The van der Waals surface area contributed by atoms with Gasteiger partial charge in [-0.05, 0) is 44.4 Å². The Morgan fingerprint density at radius 1 is 1.17 bits per heavy atom. The highest BCUT2D eigenvalue weighted by atomic mass is 32.2. The zero-order valence-corrected chi connectivity index (χ0v) is 14.8. The molecule has 1 aromatic carbocycles. The normalized spacial score (nSPS) is 15.0. The molecule has 3 rings (SSSR count). The van der Waals surface area contributed by atoms with Crippen molar-refractivity contribution in [3.63, 3.8) is 0 Å². The largest absolute Gasteiger partial charge is 0.357 e. The molecule has 1 saturated heterocycles. The molecule has 1 aliphatic heterocycles. The first kappa shape index (κ1) is 16.9.